The Morgan fingerprint density at radius 2 is 1.91 bits per heavy atom. The first-order chi connectivity index (χ1) is 11.1. The Kier molecular flexibility index (Phi) is 4.29. The van der Waals surface area contributed by atoms with Crippen LogP contribution in [0.25, 0.3) is 10.9 Å². The third-order valence-corrected chi connectivity index (χ3v) is 4.33. The van der Waals surface area contributed by atoms with Crippen LogP contribution in [-0.4, -0.2) is 21.6 Å². The van der Waals surface area contributed by atoms with Gasteiger partial charge in [0.05, 0.1) is 10.7 Å². The van der Waals surface area contributed by atoms with E-state index in [0.29, 0.717) is 5.69 Å². The van der Waals surface area contributed by atoms with E-state index in [0.717, 1.165) is 15.8 Å². The van der Waals surface area contributed by atoms with Gasteiger partial charge in [-0.3, -0.25) is 14.9 Å². The van der Waals surface area contributed by atoms with Crippen LogP contribution in [0.1, 0.15) is 0 Å². The Balaban J connectivity index is 1.60. The number of amides is 1. The first kappa shape index (κ1) is 15.1. The van der Waals surface area contributed by atoms with Crippen molar-refractivity contribution in [3.63, 3.8) is 0 Å². The van der Waals surface area contributed by atoms with Gasteiger partial charge in [-0.25, -0.2) is 0 Å². The van der Waals surface area contributed by atoms with Crippen LogP contribution in [0.3, 0.4) is 0 Å². The molecule has 6 nitrogen and oxygen atoms in total. The number of non-ortho nitro benzene ring substituents is 1. The highest BCUT2D eigenvalue weighted by molar-refractivity contribution is 8.00. The predicted octanol–water partition coefficient (Wildman–Crippen LogP) is 3.81. The van der Waals surface area contributed by atoms with E-state index in [1.807, 2.05) is 30.5 Å². The maximum absolute atomic E-state index is 12.0. The number of aromatic amines is 1. The van der Waals surface area contributed by atoms with Crippen molar-refractivity contribution in [3.8, 4) is 0 Å². The van der Waals surface area contributed by atoms with Gasteiger partial charge in [0.15, 0.2) is 0 Å². The minimum Gasteiger partial charge on any atom is -0.360 e. The number of carbonyl (C=O) groups is 1. The van der Waals surface area contributed by atoms with E-state index in [4.69, 9.17) is 0 Å². The Morgan fingerprint density at radius 1 is 1.17 bits per heavy atom. The van der Waals surface area contributed by atoms with E-state index < -0.39 is 4.92 Å². The molecule has 0 saturated heterocycles. The van der Waals surface area contributed by atoms with E-state index in [1.54, 1.807) is 0 Å². The number of nitrogens with zero attached hydrogens (tertiary/aromatic N) is 1. The van der Waals surface area contributed by atoms with Crippen LogP contribution in [0.4, 0.5) is 11.4 Å². The minimum absolute atomic E-state index is 0.00355. The maximum Gasteiger partial charge on any atom is 0.269 e. The lowest BCUT2D eigenvalue weighted by Gasteiger charge is -2.04. The Morgan fingerprint density at radius 3 is 2.65 bits per heavy atom. The molecule has 0 saturated carbocycles. The number of hydrogen-bond acceptors (Lipinski definition) is 4. The van der Waals surface area contributed by atoms with Crippen LogP contribution in [0.2, 0.25) is 0 Å². The number of fused-ring (bicyclic) bond motifs is 1. The highest BCUT2D eigenvalue weighted by Crippen LogP contribution is 2.27. The van der Waals surface area contributed by atoms with Crippen molar-refractivity contribution in [1.82, 2.24) is 4.98 Å². The molecule has 3 aromatic rings. The van der Waals surface area contributed by atoms with Crippen molar-refractivity contribution in [2.24, 2.45) is 0 Å². The van der Waals surface area contributed by atoms with Crippen molar-refractivity contribution in [1.29, 1.82) is 0 Å². The number of carbonyl (C=O) groups excluding carboxylic acids is 1. The molecule has 0 radical (unpaired) electrons. The third-order valence-electron chi connectivity index (χ3n) is 3.27. The number of nitrogens with one attached hydrogen (secondary N) is 2. The van der Waals surface area contributed by atoms with Gasteiger partial charge < -0.3 is 10.3 Å². The molecule has 3 rings (SSSR count). The Hall–Kier alpha value is -2.80. The third kappa shape index (κ3) is 3.51. The average molecular weight is 327 g/mol. The van der Waals surface area contributed by atoms with Gasteiger partial charge in [0, 0.05) is 39.8 Å². The van der Waals surface area contributed by atoms with E-state index in [9.17, 15) is 14.9 Å². The summed E-state index contributed by atoms with van der Waals surface area (Å²) in [6, 6.07) is 13.7. The van der Waals surface area contributed by atoms with Gasteiger partial charge in [-0.2, -0.15) is 0 Å². The van der Waals surface area contributed by atoms with Crippen LogP contribution < -0.4 is 5.32 Å². The summed E-state index contributed by atoms with van der Waals surface area (Å²) in [5.41, 5.74) is 1.57. The van der Waals surface area contributed by atoms with Crippen LogP contribution in [0.5, 0.6) is 0 Å². The first-order valence-electron chi connectivity index (χ1n) is 6.87. The fraction of sp³-hybridized carbons (Fsp3) is 0.0625. The summed E-state index contributed by atoms with van der Waals surface area (Å²) in [5.74, 6) is 0.105. The smallest absolute Gasteiger partial charge is 0.269 e. The van der Waals surface area contributed by atoms with Gasteiger partial charge in [-0.15, -0.1) is 11.8 Å². The normalized spacial score (nSPS) is 10.6. The quantitative estimate of drug-likeness (QED) is 0.424. The Bertz CT molecular complexity index is 858. The number of benzene rings is 2. The highest BCUT2D eigenvalue weighted by atomic mass is 32.2. The molecule has 0 aliphatic carbocycles. The molecule has 116 valence electrons. The number of H-pyrrole nitrogens is 1. The number of nitro groups is 1. The summed E-state index contributed by atoms with van der Waals surface area (Å²) in [6.07, 6.45) is 1.88. The summed E-state index contributed by atoms with van der Waals surface area (Å²) in [7, 11) is 0. The van der Waals surface area contributed by atoms with Crippen molar-refractivity contribution in [2.75, 3.05) is 11.1 Å². The van der Waals surface area contributed by atoms with Crippen molar-refractivity contribution < 1.29 is 9.72 Å². The molecule has 0 aliphatic heterocycles. The van der Waals surface area contributed by atoms with Gasteiger partial charge in [-0.05, 0) is 18.2 Å². The molecule has 1 heterocycles. The molecule has 1 amide bonds. The van der Waals surface area contributed by atoms with Gasteiger partial charge in [0.2, 0.25) is 5.91 Å². The van der Waals surface area contributed by atoms with Gasteiger partial charge in [0.25, 0.3) is 5.69 Å². The molecule has 0 atom stereocenters. The fourth-order valence-corrected chi connectivity index (χ4v) is 3.01. The number of rotatable bonds is 5. The predicted molar refractivity (Wildman–Crippen MR) is 90.7 cm³/mol. The number of anilines is 1. The molecule has 7 heteroatoms. The number of para-hydroxylation sites is 1. The molecule has 1 aromatic heterocycles. The average Bonchev–Trinajstić information content (AvgIpc) is 2.97. The molecule has 0 spiro atoms. The summed E-state index contributed by atoms with van der Waals surface area (Å²) in [6.45, 7) is 0. The van der Waals surface area contributed by atoms with E-state index in [1.165, 1.54) is 36.0 Å². The number of thioether (sulfide) groups is 1. The summed E-state index contributed by atoms with van der Waals surface area (Å²) in [4.78, 5) is 26.3. The second-order valence-corrected chi connectivity index (χ2v) is 5.86. The standard InChI is InChI=1S/C16H13N3O3S/c20-16(18-11-5-7-12(8-6-11)19(21)22)10-23-15-9-17-14-4-2-1-3-13(14)15/h1-9,17H,10H2,(H,18,20). The zero-order chi connectivity index (χ0) is 16.2. The second-order valence-electron chi connectivity index (χ2n) is 4.84. The molecule has 2 N–H and O–H groups in total. The van der Waals surface area contributed by atoms with E-state index in [-0.39, 0.29) is 17.3 Å². The number of hydrogen-bond donors (Lipinski definition) is 2. The largest absolute Gasteiger partial charge is 0.360 e. The van der Waals surface area contributed by atoms with Crippen molar-refractivity contribution in [3.05, 3.63) is 64.8 Å². The molecule has 0 unspecified atom stereocenters. The molecule has 0 aliphatic rings. The summed E-state index contributed by atoms with van der Waals surface area (Å²) >= 11 is 1.44. The zero-order valence-corrected chi connectivity index (χ0v) is 12.8. The number of aromatic nitrogens is 1. The van der Waals surface area contributed by atoms with Crippen molar-refractivity contribution in [2.45, 2.75) is 4.90 Å². The first-order valence-corrected chi connectivity index (χ1v) is 7.85. The number of nitro benzene ring substituents is 1. The van der Waals surface area contributed by atoms with Crippen LogP contribution in [0, 0.1) is 10.1 Å². The lowest BCUT2D eigenvalue weighted by molar-refractivity contribution is -0.384. The molecular weight excluding hydrogens is 314 g/mol. The zero-order valence-electron chi connectivity index (χ0n) is 12.0. The SMILES string of the molecule is O=C(CSc1c[nH]c2ccccc12)Nc1ccc([N+](=O)[O-])cc1. The van der Waals surface area contributed by atoms with Gasteiger partial charge in [-0.1, -0.05) is 18.2 Å². The lowest BCUT2D eigenvalue weighted by Crippen LogP contribution is -2.13. The summed E-state index contributed by atoms with van der Waals surface area (Å²) < 4.78 is 0. The molecule has 2 aromatic carbocycles. The monoisotopic (exact) mass is 327 g/mol. The Labute approximate surface area is 136 Å². The lowest BCUT2D eigenvalue weighted by atomic mass is 10.2. The minimum atomic E-state index is -0.474. The molecule has 23 heavy (non-hydrogen) atoms. The van der Waals surface area contributed by atoms with Gasteiger partial charge in [0.1, 0.15) is 0 Å². The fourth-order valence-electron chi connectivity index (χ4n) is 2.17. The van der Waals surface area contributed by atoms with E-state index >= 15 is 0 Å². The maximum atomic E-state index is 12.0. The topological polar surface area (TPSA) is 88.0 Å². The second kappa shape index (κ2) is 6.53. The van der Waals surface area contributed by atoms with Gasteiger partial charge >= 0.3 is 0 Å². The van der Waals surface area contributed by atoms with Crippen molar-refractivity contribution >= 4 is 39.9 Å². The van der Waals surface area contributed by atoms with E-state index in [2.05, 4.69) is 10.3 Å². The molecule has 0 bridgehead atoms. The van der Waals surface area contributed by atoms with Crippen LogP contribution >= 0.6 is 11.8 Å². The molecule has 0 fully saturated rings. The molecular formula is C16H13N3O3S. The highest BCUT2D eigenvalue weighted by Gasteiger charge is 2.09. The van der Waals surface area contributed by atoms with Crippen LogP contribution in [0.15, 0.2) is 59.6 Å². The van der Waals surface area contributed by atoms with Crippen LogP contribution in [-0.2, 0) is 4.79 Å². The summed E-state index contributed by atoms with van der Waals surface area (Å²) in [5, 5.41) is 14.4.